The van der Waals surface area contributed by atoms with Crippen LogP contribution in [0.2, 0.25) is 0 Å². The summed E-state index contributed by atoms with van der Waals surface area (Å²) in [7, 11) is 0. The van der Waals surface area contributed by atoms with Gasteiger partial charge in [0.1, 0.15) is 29.7 Å². The highest BCUT2D eigenvalue weighted by Gasteiger charge is 2.34. The van der Waals surface area contributed by atoms with Gasteiger partial charge in [0.05, 0.1) is 24.4 Å². The maximum Gasteiger partial charge on any atom is 0.433 e. The van der Waals surface area contributed by atoms with Crippen LogP contribution in [-0.2, 0) is 17.6 Å². The first-order valence-corrected chi connectivity index (χ1v) is 9.32. The number of hydrogen-bond acceptors (Lipinski definition) is 7. The van der Waals surface area contributed by atoms with E-state index < -0.39 is 18.5 Å². The van der Waals surface area contributed by atoms with Crippen molar-refractivity contribution in [1.82, 2.24) is 19.9 Å². The first-order chi connectivity index (χ1) is 14.7. The van der Waals surface area contributed by atoms with Crippen LogP contribution in [0.15, 0.2) is 42.6 Å². The van der Waals surface area contributed by atoms with Gasteiger partial charge in [-0.25, -0.2) is 19.3 Å². The highest BCUT2D eigenvalue weighted by molar-refractivity contribution is 5.64. The van der Waals surface area contributed by atoms with Crippen LogP contribution in [0.25, 0.3) is 11.5 Å². The second-order valence-corrected chi connectivity index (χ2v) is 7.34. The van der Waals surface area contributed by atoms with E-state index >= 15 is 0 Å². The SMILES string of the molecule is CC1(Nc2cc(Nc3ccnc(C(F)(F)F)c3)nc(-c3cccc(CF)n3)n2)COC1. The third-order valence-electron chi connectivity index (χ3n) is 4.49. The molecule has 0 radical (unpaired) electrons. The zero-order valence-corrected chi connectivity index (χ0v) is 16.4. The van der Waals surface area contributed by atoms with E-state index in [9.17, 15) is 17.6 Å². The molecule has 0 amide bonds. The Morgan fingerprint density at radius 1 is 1.06 bits per heavy atom. The number of pyridine rings is 2. The molecular formula is C20H18F4N6O. The van der Waals surface area contributed by atoms with Crippen LogP contribution in [0.4, 0.5) is 34.9 Å². The fourth-order valence-electron chi connectivity index (χ4n) is 2.97. The van der Waals surface area contributed by atoms with E-state index in [1.165, 1.54) is 12.1 Å². The zero-order chi connectivity index (χ0) is 22.1. The average molecular weight is 434 g/mol. The Morgan fingerprint density at radius 3 is 2.52 bits per heavy atom. The number of aromatic nitrogens is 4. The predicted molar refractivity (Wildman–Crippen MR) is 105 cm³/mol. The number of hydrogen-bond donors (Lipinski definition) is 2. The molecule has 0 saturated carbocycles. The molecule has 162 valence electrons. The maximum absolute atomic E-state index is 13.0. The van der Waals surface area contributed by atoms with Crippen molar-refractivity contribution in [3.63, 3.8) is 0 Å². The molecule has 0 aliphatic carbocycles. The summed E-state index contributed by atoms with van der Waals surface area (Å²) in [5.41, 5.74) is -0.653. The Balaban J connectivity index is 1.71. The van der Waals surface area contributed by atoms with Crippen molar-refractivity contribution in [2.24, 2.45) is 0 Å². The Bertz CT molecular complexity index is 1090. The van der Waals surface area contributed by atoms with Crippen molar-refractivity contribution >= 4 is 17.3 Å². The largest absolute Gasteiger partial charge is 0.433 e. The van der Waals surface area contributed by atoms with Crippen molar-refractivity contribution in [2.45, 2.75) is 25.3 Å². The van der Waals surface area contributed by atoms with Gasteiger partial charge in [0, 0.05) is 18.0 Å². The van der Waals surface area contributed by atoms with E-state index in [4.69, 9.17) is 4.74 Å². The molecule has 4 heterocycles. The highest BCUT2D eigenvalue weighted by Crippen LogP contribution is 2.30. The van der Waals surface area contributed by atoms with Crippen LogP contribution in [0.1, 0.15) is 18.3 Å². The summed E-state index contributed by atoms with van der Waals surface area (Å²) in [5.74, 6) is 0.857. The van der Waals surface area contributed by atoms with Gasteiger partial charge in [-0.05, 0) is 31.2 Å². The number of nitrogens with one attached hydrogen (secondary N) is 2. The van der Waals surface area contributed by atoms with Crippen LogP contribution in [-0.4, -0.2) is 38.7 Å². The molecule has 3 aromatic rings. The lowest BCUT2D eigenvalue weighted by molar-refractivity contribution is -0.141. The lowest BCUT2D eigenvalue weighted by Gasteiger charge is -2.39. The Morgan fingerprint density at radius 2 is 1.84 bits per heavy atom. The van der Waals surface area contributed by atoms with Crippen molar-refractivity contribution < 1.29 is 22.3 Å². The molecule has 31 heavy (non-hydrogen) atoms. The summed E-state index contributed by atoms with van der Waals surface area (Å²) in [5, 5.41) is 6.10. The van der Waals surface area contributed by atoms with Gasteiger partial charge < -0.3 is 15.4 Å². The second kappa shape index (κ2) is 8.06. The monoisotopic (exact) mass is 434 g/mol. The smallest absolute Gasteiger partial charge is 0.376 e. The molecule has 0 unspecified atom stereocenters. The molecule has 3 aromatic heterocycles. The number of halogens is 4. The standard InChI is InChI=1S/C20H18F4N6O/c1-19(10-31-11-19)30-17-8-16(27-12-5-6-25-15(7-12)20(22,23)24)28-18(29-17)14-4-2-3-13(9-21)26-14/h2-8H,9-11H2,1H3,(H2,25,27,28,29,30). The van der Waals surface area contributed by atoms with E-state index in [-0.39, 0.29) is 28.6 Å². The topological polar surface area (TPSA) is 84.9 Å². The second-order valence-electron chi connectivity index (χ2n) is 7.34. The van der Waals surface area contributed by atoms with Crippen molar-refractivity contribution in [3.8, 4) is 11.5 Å². The highest BCUT2D eigenvalue weighted by atomic mass is 19.4. The molecule has 1 aliphatic rings. The van der Waals surface area contributed by atoms with Crippen molar-refractivity contribution in [2.75, 3.05) is 23.8 Å². The minimum absolute atomic E-state index is 0.154. The number of anilines is 3. The molecule has 2 N–H and O–H groups in total. The van der Waals surface area contributed by atoms with E-state index in [0.717, 1.165) is 12.3 Å². The lowest BCUT2D eigenvalue weighted by atomic mass is 10.0. The molecule has 7 nitrogen and oxygen atoms in total. The third-order valence-corrected chi connectivity index (χ3v) is 4.49. The molecule has 0 spiro atoms. The first kappa shape index (κ1) is 20.9. The van der Waals surface area contributed by atoms with Crippen molar-refractivity contribution in [3.05, 3.63) is 54.0 Å². The van der Waals surface area contributed by atoms with Gasteiger partial charge in [-0.1, -0.05) is 6.07 Å². The van der Waals surface area contributed by atoms with Gasteiger partial charge in [0.15, 0.2) is 5.82 Å². The Hall–Kier alpha value is -3.34. The first-order valence-electron chi connectivity index (χ1n) is 9.32. The van der Waals surface area contributed by atoms with Gasteiger partial charge in [0.2, 0.25) is 0 Å². The molecule has 0 atom stereocenters. The molecule has 1 saturated heterocycles. The maximum atomic E-state index is 13.0. The lowest BCUT2D eigenvalue weighted by Crippen LogP contribution is -2.53. The number of nitrogens with zero attached hydrogens (tertiary/aromatic N) is 4. The van der Waals surface area contributed by atoms with E-state index in [0.29, 0.717) is 24.7 Å². The van der Waals surface area contributed by atoms with Gasteiger partial charge in [-0.3, -0.25) is 4.98 Å². The van der Waals surface area contributed by atoms with E-state index in [1.54, 1.807) is 18.2 Å². The number of rotatable bonds is 6. The van der Waals surface area contributed by atoms with Gasteiger partial charge in [-0.15, -0.1) is 0 Å². The normalized spacial score (nSPS) is 15.3. The summed E-state index contributed by atoms with van der Waals surface area (Å²) in [6.07, 6.45) is -3.51. The van der Waals surface area contributed by atoms with Crippen LogP contribution in [0.5, 0.6) is 0 Å². The van der Waals surface area contributed by atoms with Crippen LogP contribution < -0.4 is 10.6 Å². The third kappa shape index (κ3) is 4.88. The molecule has 1 aliphatic heterocycles. The van der Waals surface area contributed by atoms with Gasteiger partial charge >= 0.3 is 6.18 Å². The average Bonchev–Trinajstić information content (AvgIpc) is 2.72. The van der Waals surface area contributed by atoms with Gasteiger partial charge in [0.25, 0.3) is 0 Å². The molecule has 4 rings (SSSR count). The van der Waals surface area contributed by atoms with E-state index in [2.05, 4.69) is 30.6 Å². The van der Waals surface area contributed by atoms with Crippen LogP contribution in [0, 0.1) is 0 Å². The molecule has 0 aromatic carbocycles. The predicted octanol–water partition coefficient (Wildman–Crippen LogP) is 4.37. The summed E-state index contributed by atoms with van der Waals surface area (Å²) in [4.78, 5) is 16.3. The summed E-state index contributed by atoms with van der Waals surface area (Å²) in [6, 6.07) is 8.65. The number of alkyl halides is 4. The quantitative estimate of drug-likeness (QED) is 0.558. The van der Waals surface area contributed by atoms with E-state index in [1.807, 2.05) is 6.92 Å². The molecule has 0 bridgehead atoms. The van der Waals surface area contributed by atoms with Crippen LogP contribution >= 0.6 is 0 Å². The summed E-state index contributed by atoms with van der Waals surface area (Å²) in [6.45, 7) is 2.16. The fourth-order valence-corrected chi connectivity index (χ4v) is 2.97. The fraction of sp³-hybridized carbons (Fsp3) is 0.300. The molecular weight excluding hydrogens is 416 g/mol. The summed E-state index contributed by atoms with van der Waals surface area (Å²) >= 11 is 0. The molecule has 11 heteroatoms. The minimum atomic E-state index is -4.57. The minimum Gasteiger partial charge on any atom is -0.376 e. The Labute approximate surface area is 174 Å². The van der Waals surface area contributed by atoms with Crippen LogP contribution in [0.3, 0.4) is 0 Å². The van der Waals surface area contributed by atoms with Gasteiger partial charge in [-0.2, -0.15) is 13.2 Å². The Kier molecular flexibility index (Phi) is 5.44. The summed E-state index contributed by atoms with van der Waals surface area (Å²) < 4.78 is 57.2. The molecule has 1 fully saturated rings. The number of ether oxygens (including phenoxy) is 1. The zero-order valence-electron chi connectivity index (χ0n) is 16.4. The van der Waals surface area contributed by atoms with Crippen molar-refractivity contribution in [1.29, 1.82) is 0 Å².